The third-order valence-electron chi connectivity index (χ3n) is 2.43. The average Bonchev–Trinajstić information content (AvgIpc) is 3.10. The van der Waals surface area contributed by atoms with E-state index in [2.05, 4.69) is 0 Å². The van der Waals surface area contributed by atoms with Crippen LogP contribution in [0.3, 0.4) is 0 Å². The summed E-state index contributed by atoms with van der Waals surface area (Å²) in [6.45, 7) is 1.35. The summed E-state index contributed by atoms with van der Waals surface area (Å²) >= 11 is 0. The molecule has 82 valence electrons. The summed E-state index contributed by atoms with van der Waals surface area (Å²) < 4.78 is 15.6. The van der Waals surface area contributed by atoms with Crippen molar-refractivity contribution in [3.8, 4) is 5.75 Å². The van der Waals surface area contributed by atoms with Crippen LogP contribution < -0.4 is 10.4 Å². The van der Waals surface area contributed by atoms with Gasteiger partial charge in [-0.25, -0.2) is 4.79 Å². The Kier molecular flexibility index (Phi) is 2.15. The lowest BCUT2D eigenvalue weighted by Crippen LogP contribution is -2.03. The van der Waals surface area contributed by atoms with Crippen molar-refractivity contribution in [2.75, 3.05) is 13.2 Å². The van der Waals surface area contributed by atoms with Gasteiger partial charge in [0.05, 0.1) is 6.61 Å². The Morgan fingerprint density at radius 3 is 3.00 bits per heavy atom. The Morgan fingerprint density at radius 1 is 1.31 bits per heavy atom. The molecule has 1 aliphatic heterocycles. The van der Waals surface area contributed by atoms with E-state index in [1.807, 2.05) is 6.07 Å². The highest BCUT2D eigenvalue weighted by atomic mass is 16.6. The molecule has 2 heterocycles. The molecule has 4 nitrogen and oxygen atoms in total. The van der Waals surface area contributed by atoms with Gasteiger partial charge in [0.1, 0.15) is 24.0 Å². The van der Waals surface area contributed by atoms with Crippen LogP contribution in [-0.2, 0) is 4.74 Å². The molecule has 0 aliphatic carbocycles. The first kappa shape index (κ1) is 9.42. The van der Waals surface area contributed by atoms with Gasteiger partial charge in [-0.2, -0.15) is 0 Å². The molecule has 0 bridgehead atoms. The Hall–Kier alpha value is -1.81. The number of benzene rings is 1. The maximum Gasteiger partial charge on any atom is 0.336 e. The second kappa shape index (κ2) is 3.64. The first-order valence-corrected chi connectivity index (χ1v) is 5.09. The lowest BCUT2D eigenvalue weighted by Gasteiger charge is -2.04. The van der Waals surface area contributed by atoms with Gasteiger partial charge in [-0.05, 0) is 24.3 Å². The molecule has 3 rings (SSSR count). The summed E-state index contributed by atoms with van der Waals surface area (Å²) in [6, 6.07) is 8.49. The van der Waals surface area contributed by atoms with E-state index in [9.17, 15) is 4.79 Å². The number of epoxide rings is 1. The van der Waals surface area contributed by atoms with Crippen molar-refractivity contribution >= 4 is 11.0 Å². The van der Waals surface area contributed by atoms with Gasteiger partial charge in [0.2, 0.25) is 0 Å². The number of rotatable bonds is 3. The molecule has 1 aliphatic rings. The topological polar surface area (TPSA) is 52.0 Å². The maximum absolute atomic E-state index is 11.0. The number of fused-ring (bicyclic) bond motifs is 1. The quantitative estimate of drug-likeness (QED) is 0.579. The highest BCUT2D eigenvalue weighted by Gasteiger charge is 2.23. The van der Waals surface area contributed by atoms with Gasteiger partial charge in [0.25, 0.3) is 0 Å². The summed E-state index contributed by atoms with van der Waals surface area (Å²) in [7, 11) is 0. The molecule has 0 amide bonds. The van der Waals surface area contributed by atoms with Crippen molar-refractivity contribution in [2.24, 2.45) is 0 Å². The molecule has 0 N–H and O–H groups in total. The highest BCUT2D eigenvalue weighted by Crippen LogP contribution is 2.20. The number of hydrogen-bond donors (Lipinski definition) is 0. The second-order valence-corrected chi connectivity index (χ2v) is 3.72. The first-order valence-electron chi connectivity index (χ1n) is 5.09. The number of ether oxygens (including phenoxy) is 2. The van der Waals surface area contributed by atoms with Gasteiger partial charge < -0.3 is 13.9 Å². The van der Waals surface area contributed by atoms with Crippen LogP contribution in [-0.4, -0.2) is 19.3 Å². The standard InChI is InChI=1S/C12H10O4/c13-12-4-1-8-5-9(2-3-11(8)16-12)14-6-10-7-15-10/h1-5,10H,6-7H2. The Labute approximate surface area is 91.4 Å². The summed E-state index contributed by atoms with van der Waals surface area (Å²) in [4.78, 5) is 11.0. The third-order valence-corrected chi connectivity index (χ3v) is 2.43. The summed E-state index contributed by atoms with van der Waals surface area (Å²) in [5.74, 6) is 0.761. The third kappa shape index (κ3) is 1.92. The van der Waals surface area contributed by atoms with Crippen LogP contribution in [0.1, 0.15) is 0 Å². The molecule has 1 aromatic carbocycles. The van der Waals surface area contributed by atoms with Crippen molar-refractivity contribution < 1.29 is 13.9 Å². The van der Waals surface area contributed by atoms with Gasteiger partial charge in [0, 0.05) is 11.5 Å². The van der Waals surface area contributed by atoms with Crippen molar-refractivity contribution in [3.05, 3.63) is 40.8 Å². The molecule has 0 radical (unpaired) electrons. The summed E-state index contributed by atoms with van der Waals surface area (Å²) in [6.07, 6.45) is 0.240. The highest BCUT2D eigenvalue weighted by molar-refractivity contribution is 5.77. The zero-order valence-electron chi connectivity index (χ0n) is 8.51. The molecule has 4 heteroatoms. The van der Waals surface area contributed by atoms with Crippen LogP contribution in [0.5, 0.6) is 5.75 Å². The van der Waals surface area contributed by atoms with Crippen LogP contribution in [0.2, 0.25) is 0 Å². The van der Waals surface area contributed by atoms with Crippen LogP contribution in [0, 0.1) is 0 Å². The van der Waals surface area contributed by atoms with E-state index < -0.39 is 0 Å². The van der Waals surface area contributed by atoms with Crippen molar-refractivity contribution in [2.45, 2.75) is 6.10 Å². The van der Waals surface area contributed by atoms with Crippen LogP contribution in [0.25, 0.3) is 11.0 Å². The van der Waals surface area contributed by atoms with Crippen LogP contribution >= 0.6 is 0 Å². The van der Waals surface area contributed by atoms with E-state index in [0.29, 0.717) is 12.2 Å². The monoisotopic (exact) mass is 218 g/mol. The van der Waals surface area contributed by atoms with E-state index in [4.69, 9.17) is 13.9 Å². The van der Waals surface area contributed by atoms with E-state index in [1.54, 1.807) is 18.2 Å². The predicted molar refractivity (Wildman–Crippen MR) is 57.7 cm³/mol. The summed E-state index contributed by atoms with van der Waals surface area (Å²) in [5.41, 5.74) is 0.232. The van der Waals surface area contributed by atoms with E-state index in [0.717, 1.165) is 17.7 Å². The fourth-order valence-electron chi connectivity index (χ4n) is 1.49. The molecule has 16 heavy (non-hydrogen) atoms. The molecular weight excluding hydrogens is 208 g/mol. The zero-order chi connectivity index (χ0) is 11.0. The van der Waals surface area contributed by atoms with E-state index >= 15 is 0 Å². The van der Waals surface area contributed by atoms with Crippen molar-refractivity contribution in [3.63, 3.8) is 0 Å². The minimum Gasteiger partial charge on any atom is -0.491 e. The Morgan fingerprint density at radius 2 is 2.19 bits per heavy atom. The first-order chi connectivity index (χ1) is 7.81. The largest absolute Gasteiger partial charge is 0.491 e. The summed E-state index contributed by atoms with van der Waals surface area (Å²) in [5, 5.41) is 0.855. The molecule has 0 saturated carbocycles. The van der Waals surface area contributed by atoms with Crippen LogP contribution in [0.4, 0.5) is 0 Å². The molecule has 1 unspecified atom stereocenters. The molecule has 1 aromatic heterocycles. The molecule has 2 aromatic rings. The molecular formula is C12H10O4. The zero-order valence-corrected chi connectivity index (χ0v) is 8.51. The van der Waals surface area contributed by atoms with Gasteiger partial charge >= 0.3 is 5.63 Å². The molecule has 1 fully saturated rings. The maximum atomic E-state index is 11.0. The normalized spacial score (nSPS) is 18.6. The minimum absolute atomic E-state index is 0.240. The lowest BCUT2D eigenvalue weighted by molar-refractivity contribution is 0.263. The molecule has 1 atom stereocenters. The van der Waals surface area contributed by atoms with Gasteiger partial charge in [-0.3, -0.25) is 0 Å². The van der Waals surface area contributed by atoms with Gasteiger partial charge in [0.15, 0.2) is 0 Å². The number of hydrogen-bond acceptors (Lipinski definition) is 4. The SMILES string of the molecule is O=c1ccc2cc(OCC3CO3)ccc2o1. The van der Waals surface area contributed by atoms with E-state index in [-0.39, 0.29) is 11.7 Å². The predicted octanol–water partition coefficient (Wildman–Crippen LogP) is 1.57. The lowest BCUT2D eigenvalue weighted by atomic mass is 10.2. The average molecular weight is 218 g/mol. The fraction of sp³-hybridized carbons (Fsp3) is 0.250. The van der Waals surface area contributed by atoms with Crippen molar-refractivity contribution in [1.82, 2.24) is 0 Å². The Bertz CT molecular complexity index is 568. The smallest absolute Gasteiger partial charge is 0.336 e. The van der Waals surface area contributed by atoms with Gasteiger partial charge in [-0.15, -0.1) is 0 Å². The minimum atomic E-state index is -0.340. The van der Waals surface area contributed by atoms with Crippen LogP contribution in [0.15, 0.2) is 39.5 Å². The molecule has 0 spiro atoms. The van der Waals surface area contributed by atoms with Crippen molar-refractivity contribution in [1.29, 1.82) is 0 Å². The van der Waals surface area contributed by atoms with Gasteiger partial charge in [-0.1, -0.05) is 0 Å². The molecule has 1 saturated heterocycles. The second-order valence-electron chi connectivity index (χ2n) is 3.72. The Balaban J connectivity index is 1.89. The van der Waals surface area contributed by atoms with E-state index in [1.165, 1.54) is 6.07 Å². The fourth-order valence-corrected chi connectivity index (χ4v) is 1.49.